The number of Topliss-reactive ketones (excluding diaryl/α,β-unsaturated/α-hetero) is 1. The Bertz CT molecular complexity index is 165. The molecule has 0 amide bonds. The maximum Gasteiger partial charge on any atom is 0.133 e. The molecule has 1 unspecified atom stereocenters. The summed E-state index contributed by atoms with van der Waals surface area (Å²) < 4.78 is 0. The number of rotatable bonds is 3. The molecule has 1 rings (SSSR count). The summed E-state index contributed by atoms with van der Waals surface area (Å²) >= 11 is 0. The monoisotopic (exact) mass is 169 g/mol. The van der Waals surface area contributed by atoms with Gasteiger partial charge in [0.2, 0.25) is 0 Å². The van der Waals surface area contributed by atoms with Crippen molar-refractivity contribution in [2.45, 2.75) is 39.2 Å². The summed E-state index contributed by atoms with van der Waals surface area (Å²) in [6.07, 6.45) is 2.74. The van der Waals surface area contributed by atoms with Crippen LogP contribution in [0.4, 0.5) is 0 Å². The van der Waals surface area contributed by atoms with Gasteiger partial charge in [-0.3, -0.25) is 4.79 Å². The highest BCUT2D eigenvalue weighted by Crippen LogP contribution is 2.22. The number of ketones is 1. The fourth-order valence-corrected chi connectivity index (χ4v) is 1.67. The quantitative estimate of drug-likeness (QED) is 0.641. The zero-order valence-corrected chi connectivity index (χ0v) is 8.34. The standard InChI is InChI=1S/C10H19NO/c1-8(2)11(3)7-9-4-5-10(12)6-9/h8-9H,4-7H2,1-3H3. The van der Waals surface area contributed by atoms with Crippen LogP contribution in [0.15, 0.2) is 0 Å². The van der Waals surface area contributed by atoms with Crippen LogP contribution in [0.1, 0.15) is 33.1 Å². The Morgan fingerprint density at radius 1 is 1.58 bits per heavy atom. The van der Waals surface area contributed by atoms with Crippen molar-refractivity contribution in [3.8, 4) is 0 Å². The van der Waals surface area contributed by atoms with Crippen molar-refractivity contribution in [2.24, 2.45) is 5.92 Å². The van der Waals surface area contributed by atoms with Crippen LogP contribution >= 0.6 is 0 Å². The van der Waals surface area contributed by atoms with Crippen molar-refractivity contribution < 1.29 is 4.79 Å². The van der Waals surface area contributed by atoms with Crippen LogP contribution in [-0.2, 0) is 4.79 Å². The molecule has 0 N–H and O–H groups in total. The van der Waals surface area contributed by atoms with Gasteiger partial charge in [-0.15, -0.1) is 0 Å². The van der Waals surface area contributed by atoms with Gasteiger partial charge in [0.05, 0.1) is 0 Å². The average molecular weight is 169 g/mol. The lowest BCUT2D eigenvalue weighted by molar-refractivity contribution is -0.117. The van der Waals surface area contributed by atoms with E-state index in [0.717, 1.165) is 25.8 Å². The van der Waals surface area contributed by atoms with E-state index >= 15 is 0 Å². The number of carbonyl (C=O) groups is 1. The van der Waals surface area contributed by atoms with Crippen LogP contribution in [0.2, 0.25) is 0 Å². The van der Waals surface area contributed by atoms with E-state index in [4.69, 9.17) is 0 Å². The van der Waals surface area contributed by atoms with Gasteiger partial charge in [-0.1, -0.05) is 0 Å². The molecule has 0 radical (unpaired) electrons. The van der Waals surface area contributed by atoms with Gasteiger partial charge in [0.15, 0.2) is 0 Å². The summed E-state index contributed by atoms with van der Waals surface area (Å²) in [5.74, 6) is 1.09. The predicted molar refractivity (Wildman–Crippen MR) is 50.1 cm³/mol. The molecule has 0 saturated heterocycles. The van der Waals surface area contributed by atoms with Crippen LogP contribution in [0.3, 0.4) is 0 Å². The molecule has 12 heavy (non-hydrogen) atoms. The van der Waals surface area contributed by atoms with E-state index in [2.05, 4.69) is 25.8 Å². The number of carbonyl (C=O) groups excluding carboxylic acids is 1. The van der Waals surface area contributed by atoms with Crippen LogP contribution in [0, 0.1) is 5.92 Å². The number of hydrogen-bond acceptors (Lipinski definition) is 2. The molecular weight excluding hydrogens is 150 g/mol. The minimum absolute atomic E-state index is 0.456. The first-order chi connectivity index (χ1) is 5.59. The van der Waals surface area contributed by atoms with E-state index in [1.807, 2.05) is 0 Å². The van der Waals surface area contributed by atoms with Gasteiger partial charge < -0.3 is 4.90 Å². The highest BCUT2D eigenvalue weighted by molar-refractivity contribution is 5.80. The zero-order chi connectivity index (χ0) is 9.14. The Morgan fingerprint density at radius 3 is 2.67 bits per heavy atom. The van der Waals surface area contributed by atoms with Crippen molar-refractivity contribution in [1.29, 1.82) is 0 Å². The van der Waals surface area contributed by atoms with Gasteiger partial charge >= 0.3 is 0 Å². The maximum atomic E-state index is 11.0. The minimum Gasteiger partial charge on any atom is -0.304 e. The molecule has 1 atom stereocenters. The Hall–Kier alpha value is -0.370. The SMILES string of the molecule is CC(C)N(C)CC1CCC(=O)C1. The van der Waals surface area contributed by atoms with Crippen LogP contribution in [-0.4, -0.2) is 30.3 Å². The molecule has 1 aliphatic carbocycles. The predicted octanol–water partition coefficient (Wildman–Crippen LogP) is 1.70. The molecule has 2 nitrogen and oxygen atoms in total. The van der Waals surface area contributed by atoms with Crippen molar-refractivity contribution in [3.05, 3.63) is 0 Å². The normalized spacial score (nSPS) is 24.4. The molecule has 0 heterocycles. The van der Waals surface area contributed by atoms with E-state index < -0.39 is 0 Å². The molecule has 0 aromatic carbocycles. The van der Waals surface area contributed by atoms with E-state index in [9.17, 15) is 4.79 Å². The fraction of sp³-hybridized carbons (Fsp3) is 0.900. The summed E-state index contributed by atoms with van der Waals surface area (Å²) in [6.45, 7) is 5.47. The van der Waals surface area contributed by atoms with E-state index in [1.165, 1.54) is 0 Å². The van der Waals surface area contributed by atoms with Gasteiger partial charge in [-0.05, 0) is 33.2 Å². The Labute approximate surface area is 74.9 Å². The van der Waals surface area contributed by atoms with Gasteiger partial charge in [0.1, 0.15) is 5.78 Å². The Morgan fingerprint density at radius 2 is 2.25 bits per heavy atom. The summed E-state index contributed by atoms with van der Waals surface area (Å²) in [4.78, 5) is 13.3. The summed E-state index contributed by atoms with van der Waals surface area (Å²) in [5, 5.41) is 0. The smallest absolute Gasteiger partial charge is 0.133 e. The second-order valence-electron chi connectivity index (χ2n) is 4.18. The Balaban J connectivity index is 2.27. The molecule has 0 aromatic rings. The molecule has 1 fully saturated rings. The third-order valence-electron chi connectivity index (χ3n) is 2.78. The highest BCUT2D eigenvalue weighted by Gasteiger charge is 2.23. The first-order valence-corrected chi connectivity index (χ1v) is 4.81. The van der Waals surface area contributed by atoms with Gasteiger partial charge in [0.25, 0.3) is 0 Å². The van der Waals surface area contributed by atoms with E-state index in [-0.39, 0.29) is 0 Å². The molecule has 1 aliphatic rings. The lowest BCUT2D eigenvalue weighted by Crippen LogP contribution is -2.30. The average Bonchev–Trinajstić information content (AvgIpc) is 2.35. The highest BCUT2D eigenvalue weighted by atomic mass is 16.1. The number of hydrogen-bond donors (Lipinski definition) is 0. The number of nitrogens with zero attached hydrogens (tertiary/aromatic N) is 1. The topological polar surface area (TPSA) is 20.3 Å². The molecule has 0 aliphatic heterocycles. The van der Waals surface area contributed by atoms with Gasteiger partial charge in [-0.2, -0.15) is 0 Å². The lowest BCUT2D eigenvalue weighted by Gasteiger charge is -2.23. The summed E-state index contributed by atoms with van der Waals surface area (Å²) in [7, 11) is 2.13. The van der Waals surface area contributed by atoms with Crippen LogP contribution in [0.25, 0.3) is 0 Å². The van der Waals surface area contributed by atoms with Crippen LogP contribution < -0.4 is 0 Å². The first kappa shape index (κ1) is 9.72. The Kier molecular flexibility index (Phi) is 3.27. The van der Waals surface area contributed by atoms with Crippen LogP contribution in [0.5, 0.6) is 0 Å². The molecule has 0 spiro atoms. The maximum absolute atomic E-state index is 11.0. The minimum atomic E-state index is 0.456. The molecule has 2 heteroatoms. The zero-order valence-electron chi connectivity index (χ0n) is 8.34. The molecular formula is C10H19NO. The third kappa shape index (κ3) is 2.59. The first-order valence-electron chi connectivity index (χ1n) is 4.81. The van der Waals surface area contributed by atoms with Crippen molar-refractivity contribution >= 4 is 5.78 Å². The van der Waals surface area contributed by atoms with E-state index in [0.29, 0.717) is 17.7 Å². The molecule has 0 bridgehead atoms. The van der Waals surface area contributed by atoms with Gasteiger partial charge in [-0.25, -0.2) is 0 Å². The molecule has 1 saturated carbocycles. The van der Waals surface area contributed by atoms with Gasteiger partial charge in [0, 0.05) is 25.4 Å². The summed E-state index contributed by atoms with van der Waals surface area (Å²) in [6, 6.07) is 0.598. The van der Waals surface area contributed by atoms with Crippen molar-refractivity contribution in [1.82, 2.24) is 4.90 Å². The third-order valence-corrected chi connectivity index (χ3v) is 2.78. The lowest BCUT2D eigenvalue weighted by atomic mass is 10.1. The summed E-state index contributed by atoms with van der Waals surface area (Å²) in [5.41, 5.74) is 0. The second-order valence-corrected chi connectivity index (χ2v) is 4.18. The molecule has 70 valence electrons. The van der Waals surface area contributed by atoms with Crippen molar-refractivity contribution in [2.75, 3.05) is 13.6 Å². The van der Waals surface area contributed by atoms with E-state index in [1.54, 1.807) is 0 Å². The molecule has 0 aromatic heterocycles. The largest absolute Gasteiger partial charge is 0.304 e. The second kappa shape index (κ2) is 4.04. The van der Waals surface area contributed by atoms with Crippen molar-refractivity contribution in [3.63, 3.8) is 0 Å². The fourth-order valence-electron chi connectivity index (χ4n) is 1.67.